The van der Waals surface area contributed by atoms with Crippen LogP contribution in [0.3, 0.4) is 0 Å². The normalized spacial score (nSPS) is 35.8. The summed E-state index contributed by atoms with van der Waals surface area (Å²) in [4.78, 5) is 0. The van der Waals surface area contributed by atoms with Crippen molar-refractivity contribution in [3.05, 3.63) is 23.3 Å². The van der Waals surface area contributed by atoms with Gasteiger partial charge >= 0.3 is 0 Å². The maximum absolute atomic E-state index is 6.55. The van der Waals surface area contributed by atoms with Crippen molar-refractivity contribution in [1.82, 2.24) is 0 Å². The van der Waals surface area contributed by atoms with Gasteiger partial charge in [-0.3, -0.25) is 0 Å². The molecule has 0 atom stereocenters. The lowest BCUT2D eigenvalue weighted by Gasteiger charge is -2.53. The fourth-order valence-electron chi connectivity index (χ4n) is 5.40. The molecule has 120 valence electrons. The molecule has 4 bridgehead atoms. The summed E-state index contributed by atoms with van der Waals surface area (Å²) < 4.78 is 6.55. The molecule has 1 aromatic carbocycles. The molecule has 0 aromatic heterocycles. The van der Waals surface area contributed by atoms with Crippen molar-refractivity contribution in [3.63, 3.8) is 0 Å². The molecule has 0 unspecified atom stereocenters. The minimum Gasteiger partial charge on any atom is -0.490 e. The van der Waals surface area contributed by atoms with Gasteiger partial charge in [0.2, 0.25) is 0 Å². The topological polar surface area (TPSA) is 35.2 Å². The number of ether oxygens (including phenoxy) is 1. The number of rotatable bonds is 4. The summed E-state index contributed by atoms with van der Waals surface area (Å²) in [5.74, 6) is 5.63. The molecular weight excluding hydrogens is 290 g/mol. The Bertz CT molecular complexity index is 543. The highest BCUT2D eigenvalue weighted by atomic mass is 32.2. The summed E-state index contributed by atoms with van der Waals surface area (Å²) in [6, 6.07) is 4.33. The first-order valence-corrected chi connectivity index (χ1v) is 10.1. The zero-order valence-corrected chi connectivity index (χ0v) is 14.5. The first-order chi connectivity index (χ1) is 10.6. The van der Waals surface area contributed by atoms with E-state index in [1.54, 1.807) is 0 Å². The lowest BCUT2D eigenvalue weighted by molar-refractivity contribution is -0.0790. The molecule has 3 heteroatoms. The third-order valence-corrected chi connectivity index (χ3v) is 6.76. The van der Waals surface area contributed by atoms with Crippen molar-refractivity contribution in [3.8, 4) is 5.75 Å². The fraction of sp³-hybridized carbons (Fsp3) is 0.684. The Kier molecular flexibility index (Phi) is 3.80. The molecule has 0 spiro atoms. The molecule has 0 heterocycles. The molecule has 0 saturated heterocycles. The van der Waals surface area contributed by atoms with Crippen LogP contribution < -0.4 is 10.5 Å². The van der Waals surface area contributed by atoms with Crippen LogP contribution in [0.4, 0.5) is 5.69 Å². The molecule has 0 radical (unpaired) electrons. The van der Waals surface area contributed by atoms with E-state index in [-0.39, 0.29) is 0 Å². The molecule has 1 aromatic rings. The monoisotopic (exact) mass is 317 g/mol. The van der Waals surface area contributed by atoms with Gasteiger partial charge in [0.1, 0.15) is 11.9 Å². The Hall–Kier alpha value is -0.830. The van der Waals surface area contributed by atoms with Crippen molar-refractivity contribution in [2.45, 2.75) is 50.9 Å². The van der Waals surface area contributed by atoms with Gasteiger partial charge in [0.15, 0.2) is 0 Å². The van der Waals surface area contributed by atoms with Gasteiger partial charge in [-0.15, -0.1) is 0 Å². The van der Waals surface area contributed by atoms with Crippen LogP contribution in [0.2, 0.25) is 0 Å². The van der Waals surface area contributed by atoms with Gasteiger partial charge in [-0.1, -0.05) is 0 Å². The van der Waals surface area contributed by atoms with Gasteiger partial charge in [-0.2, -0.15) is 11.8 Å². The molecule has 0 aliphatic heterocycles. The summed E-state index contributed by atoms with van der Waals surface area (Å²) in [6.45, 7) is 2.10. The Morgan fingerprint density at radius 2 is 1.73 bits per heavy atom. The van der Waals surface area contributed by atoms with Crippen LogP contribution >= 0.6 is 11.8 Å². The van der Waals surface area contributed by atoms with Gasteiger partial charge in [-0.25, -0.2) is 0 Å². The predicted octanol–water partition coefficient (Wildman–Crippen LogP) is 4.64. The number of nitrogens with two attached hydrogens (primary N) is 1. The molecule has 4 fully saturated rings. The first-order valence-electron chi connectivity index (χ1n) is 8.68. The Morgan fingerprint density at radius 3 is 2.32 bits per heavy atom. The first kappa shape index (κ1) is 14.7. The average Bonchev–Trinajstić information content (AvgIpc) is 2.47. The summed E-state index contributed by atoms with van der Waals surface area (Å²) in [6.07, 6.45) is 9.70. The molecule has 4 aliphatic carbocycles. The standard InChI is InChI=1S/C19H27NOS/c1-11-3-17(9-16(10-22-2)18(11)20)21-19-14-5-12-4-13(7-14)8-15(19)6-12/h3,9,12-15,19H,4-8,10,20H2,1-2H3. The van der Waals surface area contributed by atoms with Crippen LogP contribution in [0.5, 0.6) is 5.75 Å². The summed E-state index contributed by atoms with van der Waals surface area (Å²) in [5, 5.41) is 0. The predicted molar refractivity (Wildman–Crippen MR) is 94.3 cm³/mol. The zero-order chi connectivity index (χ0) is 15.3. The number of benzene rings is 1. The van der Waals surface area contributed by atoms with Crippen LogP contribution in [-0.2, 0) is 5.75 Å². The molecule has 5 rings (SSSR count). The highest BCUT2D eigenvalue weighted by Crippen LogP contribution is 2.54. The molecule has 0 amide bonds. The van der Waals surface area contributed by atoms with E-state index >= 15 is 0 Å². The van der Waals surface area contributed by atoms with E-state index in [0.717, 1.165) is 46.4 Å². The fourth-order valence-corrected chi connectivity index (χ4v) is 5.95. The molecule has 2 nitrogen and oxygen atoms in total. The van der Waals surface area contributed by atoms with Crippen molar-refractivity contribution < 1.29 is 4.74 Å². The minimum atomic E-state index is 0.456. The molecule has 4 aliphatic rings. The van der Waals surface area contributed by atoms with E-state index in [9.17, 15) is 0 Å². The van der Waals surface area contributed by atoms with Crippen LogP contribution in [0.1, 0.15) is 43.2 Å². The summed E-state index contributed by atoms with van der Waals surface area (Å²) in [5.41, 5.74) is 9.54. The maximum Gasteiger partial charge on any atom is 0.120 e. The Balaban J connectivity index is 1.56. The number of hydrogen-bond acceptors (Lipinski definition) is 3. The van der Waals surface area contributed by atoms with Gasteiger partial charge < -0.3 is 10.5 Å². The average molecular weight is 317 g/mol. The smallest absolute Gasteiger partial charge is 0.120 e. The van der Waals surface area contributed by atoms with E-state index < -0.39 is 0 Å². The van der Waals surface area contributed by atoms with Crippen molar-refractivity contribution in [2.75, 3.05) is 12.0 Å². The van der Waals surface area contributed by atoms with Crippen LogP contribution in [0, 0.1) is 30.6 Å². The number of anilines is 1. The van der Waals surface area contributed by atoms with Crippen LogP contribution in [-0.4, -0.2) is 12.4 Å². The molecule has 22 heavy (non-hydrogen) atoms. The van der Waals surface area contributed by atoms with Crippen molar-refractivity contribution in [1.29, 1.82) is 0 Å². The van der Waals surface area contributed by atoms with Gasteiger partial charge in [0.05, 0.1) is 0 Å². The van der Waals surface area contributed by atoms with Crippen molar-refractivity contribution in [2.24, 2.45) is 23.7 Å². The largest absolute Gasteiger partial charge is 0.490 e. The lowest BCUT2D eigenvalue weighted by Crippen LogP contribution is -2.50. The van der Waals surface area contributed by atoms with Gasteiger partial charge in [0, 0.05) is 11.4 Å². The number of hydrogen-bond donors (Lipinski definition) is 1. The Labute approximate surface area is 138 Å². The Morgan fingerprint density at radius 1 is 1.09 bits per heavy atom. The number of aryl methyl sites for hydroxylation is 1. The van der Waals surface area contributed by atoms with Crippen LogP contribution in [0.25, 0.3) is 0 Å². The molecule has 2 N–H and O–H groups in total. The number of thioether (sulfide) groups is 1. The second-order valence-corrected chi connectivity index (χ2v) is 8.63. The summed E-state index contributed by atoms with van der Waals surface area (Å²) >= 11 is 1.82. The van der Waals surface area contributed by atoms with Crippen LogP contribution in [0.15, 0.2) is 12.1 Å². The zero-order valence-electron chi connectivity index (χ0n) is 13.7. The van der Waals surface area contributed by atoms with Crippen molar-refractivity contribution >= 4 is 17.4 Å². The van der Waals surface area contributed by atoms with Gasteiger partial charge in [-0.05, 0) is 92.2 Å². The SMILES string of the molecule is CSCc1cc(OC2C3CC4CC(C3)CC2C4)cc(C)c1N. The van der Waals surface area contributed by atoms with Gasteiger partial charge in [0.25, 0.3) is 0 Å². The van der Waals surface area contributed by atoms with E-state index in [4.69, 9.17) is 10.5 Å². The van der Waals surface area contributed by atoms with E-state index in [0.29, 0.717) is 6.10 Å². The highest BCUT2D eigenvalue weighted by Gasteiger charge is 2.49. The number of nitrogen functional groups attached to an aromatic ring is 1. The third-order valence-electron chi connectivity index (χ3n) is 6.16. The van der Waals surface area contributed by atoms with E-state index in [1.165, 1.54) is 37.7 Å². The quantitative estimate of drug-likeness (QED) is 0.821. The summed E-state index contributed by atoms with van der Waals surface area (Å²) in [7, 11) is 0. The lowest BCUT2D eigenvalue weighted by atomic mass is 9.55. The highest BCUT2D eigenvalue weighted by molar-refractivity contribution is 7.97. The third kappa shape index (κ3) is 2.51. The second kappa shape index (κ2) is 5.67. The second-order valence-electron chi connectivity index (χ2n) is 7.76. The molecular formula is C19H27NOS. The maximum atomic E-state index is 6.55. The van der Waals surface area contributed by atoms with E-state index in [2.05, 4.69) is 25.3 Å². The minimum absolute atomic E-state index is 0.456. The van der Waals surface area contributed by atoms with E-state index in [1.807, 2.05) is 11.8 Å². The molecule has 4 saturated carbocycles.